The zero-order valence-corrected chi connectivity index (χ0v) is 55.5. The Morgan fingerprint density at radius 2 is 0.531 bits per heavy atom. The van der Waals surface area contributed by atoms with Crippen molar-refractivity contribution in [2.24, 2.45) is 5.73 Å². The first kappa shape index (κ1) is 80.0. The number of carbonyl (C=O) groups is 2. The first-order valence-corrected chi connectivity index (χ1v) is 38.0. The molecule has 0 aromatic carbocycles. The smallest absolute Gasteiger partial charge is 0.462 e. The van der Waals surface area contributed by atoms with Gasteiger partial charge in [-0.15, -0.1) is 0 Å². The maximum Gasteiger partial charge on any atom is 0.472 e. The zero-order chi connectivity index (χ0) is 58.7. The number of hydrogen-bond donors (Lipinski definition) is 2. The summed E-state index contributed by atoms with van der Waals surface area (Å²) in [7, 11) is -4.39. The summed E-state index contributed by atoms with van der Waals surface area (Å²) in [6, 6.07) is 0. The fourth-order valence-electron chi connectivity index (χ4n) is 11.6. The average Bonchev–Trinajstić information content (AvgIpc) is 3.46. The molecular formula is C71H142NO8P. The van der Waals surface area contributed by atoms with E-state index in [0.717, 1.165) is 32.1 Å². The molecule has 0 aromatic rings. The minimum absolute atomic E-state index is 0.0589. The Balaban J connectivity index is 3.77. The number of phosphoric ester groups is 1. The maximum absolute atomic E-state index is 12.8. The van der Waals surface area contributed by atoms with Gasteiger partial charge in [-0.25, -0.2) is 4.57 Å². The highest BCUT2D eigenvalue weighted by atomic mass is 31.2. The van der Waals surface area contributed by atoms with Crippen LogP contribution in [-0.2, 0) is 32.7 Å². The van der Waals surface area contributed by atoms with E-state index in [1.807, 2.05) is 0 Å². The molecule has 0 spiro atoms. The summed E-state index contributed by atoms with van der Waals surface area (Å²) in [5.41, 5.74) is 5.41. The normalized spacial score (nSPS) is 12.8. The van der Waals surface area contributed by atoms with Crippen LogP contribution in [0.25, 0.3) is 0 Å². The van der Waals surface area contributed by atoms with E-state index >= 15 is 0 Å². The minimum atomic E-state index is -4.39. The van der Waals surface area contributed by atoms with E-state index in [1.165, 1.54) is 347 Å². The van der Waals surface area contributed by atoms with Crippen LogP contribution in [0.4, 0.5) is 0 Å². The molecule has 0 aliphatic rings. The number of rotatable bonds is 71. The molecular weight excluding hydrogens is 1030 g/mol. The molecule has 10 heteroatoms. The summed E-state index contributed by atoms with van der Waals surface area (Å²) < 4.78 is 33.2. The van der Waals surface area contributed by atoms with E-state index in [9.17, 15) is 19.0 Å². The molecule has 0 aromatic heterocycles. The lowest BCUT2D eigenvalue weighted by Gasteiger charge is -2.19. The van der Waals surface area contributed by atoms with Crippen molar-refractivity contribution < 1.29 is 37.6 Å². The van der Waals surface area contributed by atoms with E-state index in [-0.39, 0.29) is 32.1 Å². The van der Waals surface area contributed by atoms with Crippen LogP contribution in [0.1, 0.15) is 412 Å². The lowest BCUT2D eigenvalue weighted by Crippen LogP contribution is -2.29. The fraction of sp³-hybridized carbons (Fsp3) is 0.972. The summed E-state index contributed by atoms with van der Waals surface area (Å²) in [4.78, 5) is 35.4. The van der Waals surface area contributed by atoms with Gasteiger partial charge in [-0.3, -0.25) is 18.6 Å². The molecule has 0 saturated heterocycles. The van der Waals surface area contributed by atoms with Gasteiger partial charge in [-0.2, -0.15) is 0 Å². The topological polar surface area (TPSA) is 134 Å². The van der Waals surface area contributed by atoms with Gasteiger partial charge < -0.3 is 20.1 Å². The zero-order valence-electron chi connectivity index (χ0n) is 54.6. The quantitative estimate of drug-likeness (QED) is 0.0347. The summed E-state index contributed by atoms with van der Waals surface area (Å²) >= 11 is 0. The van der Waals surface area contributed by atoms with Gasteiger partial charge in [0.05, 0.1) is 13.2 Å². The van der Waals surface area contributed by atoms with Crippen molar-refractivity contribution in [2.45, 2.75) is 418 Å². The van der Waals surface area contributed by atoms with Crippen LogP contribution in [0.15, 0.2) is 0 Å². The van der Waals surface area contributed by atoms with Crippen LogP contribution >= 0.6 is 7.82 Å². The second kappa shape index (κ2) is 68.1. The SMILES string of the molecule is CCCCCCCCCCCCCCCCCCCCCCCCCCCCCCCCCC(=O)OC(COC(=O)CCCCCCCCCCCCCCCCCCCCCCCCCCCCCCC)COP(=O)(O)OCCN. The van der Waals surface area contributed by atoms with Crippen LogP contribution in [0.5, 0.6) is 0 Å². The van der Waals surface area contributed by atoms with Crippen LogP contribution in [0.2, 0.25) is 0 Å². The van der Waals surface area contributed by atoms with Crippen molar-refractivity contribution in [1.29, 1.82) is 0 Å². The lowest BCUT2D eigenvalue weighted by molar-refractivity contribution is -0.161. The molecule has 0 aliphatic carbocycles. The monoisotopic (exact) mass is 1170 g/mol. The van der Waals surface area contributed by atoms with Gasteiger partial charge in [0, 0.05) is 19.4 Å². The van der Waals surface area contributed by atoms with Gasteiger partial charge in [-0.05, 0) is 12.8 Å². The first-order chi connectivity index (χ1) is 39.8. The van der Waals surface area contributed by atoms with Gasteiger partial charge in [0.2, 0.25) is 0 Å². The van der Waals surface area contributed by atoms with E-state index in [2.05, 4.69) is 13.8 Å². The van der Waals surface area contributed by atoms with Crippen LogP contribution in [-0.4, -0.2) is 49.3 Å². The van der Waals surface area contributed by atoms with E-state index in [1.54, 1.807) is 0 Å². The summed E-state index contributed by atoms with van der Waals surface area (Å²) in [6.07, 6.45) is 80.8. The molecule has 0 amide bonds. The Morgan fingerprint density at radius 3 is 0.753 bits per heavy atom. The summed E-state index contributed by atoms with van der Waals surface area (Å²) in [5.74, 6) is -0.796. The Hall–Kier alpha value is -0.990. The molecule has 0 fully saturated rings. The molecule has 0 bridgehead atoms. The van der Waals surface area contributed by atoms with Crippen molar-refractivity contribution in [3.8, 4) is 0 Å². The number of carbonyl (C=O) groups excluding carboxylic acids is 2. The Labute approximate surface area is 505 Å². The number of hydrogen-bond acceptors (Lipinski definition) is 8. The van der Waals surface area contributed by atoms with Crippen molar-refractivity contribution >= 4 is 19.8 Å². The highest BCUT2D eigenvalue weighted by molar-refractivity contribution is 7.47. The van der Waals surface area contributed by atoms with Crippen LogP contribution < -0.4 is 5.73 Å². The van der Waals surface area contributed by atoms with Gasteiger partial charge in [-0.1, -0.05) is 386 Å². The minimum Gasteiger partial charge on any atom is -0.462 e. The molecule has 9 nitrogen and oxygen atoms in total. The van der Waals surface area contributed by atoms with Crippen LogP contribution in [0, 0.1) is 0 Å². The lowest BCUT2D eigenvalue weighted by atomic mass is 10.0. The summed E-state index contributed by atoms with van der Waals surface area (Å²) in [5, 5.41) is 0. The molecule has 2 atom stereocenters. The third-order valence-electron chi connectivity index (χ3n) is 17.0. The molecule has 0 aliphatic heterocycles. The molecule has 0 rings (SSSR count). The van der Waals surface area contributed by atoms with Gasteiger partial charge in [0.1, 0.15) is 6.61 Å². The molecule has 3 N–H and O–H groups in total. The van der Waals surface area contributed by atoms with Gasteiger partial charge in [0.15, 0.2) is 6.10 Å². The predicted octanol–water partition coefficient (Wildman–Crippen LogP) is 23.8. The Bertz CT molecular complexity index is 1290. The third-order valence-corrected chi connectivity index (χ3v) is 18.0. The van der Waals surface area contributed by atoms with E-state index in [0.29, 0.717) is 12.8 Å². The Kier molecular flexibility index (Phi) is 67.3. The summed E-state index contributed by atoms with van der Waals surface area (Å²) in [6.45, 7) is 3.85. The highest BCUT2D eigenvalue weighted by Crippen LogP contribution is 2.43. The van der Waals surface area contributed by atoms with E-state index in [4.69, 9.17) is 24.3 Å². The van der Waals surface area contributed by atoms with Crippen molar-refractivity contribution in [3.63, 3.8) is 0 Å². The van der Waals surface area contributed by atoms with Crippen LogP contribution in [0.3, 0.4) is 0 Å². The maximum atomic E-state index is 12.8. The largest absolute Gasteiger partial charge is 0.472 e. The molecule has 81 heavy (non-hydrogen) atoms. The highest BCUT2D eigenvalue weighted by Gasteiger charge is 2.26. The van der Waals surface area contributed by atoms with Gasteiger partial charge >= 0.3 is 19.8 Å². The molecule has 484 valence electrons. The second-order valence-electron chi connectivity index (χ2n) is 25.2. The molecule has 0 saturated carbocycles. The predicted molar refractivity (Wildman–Crippen MR) is 349 cm³/mol. The second-order valence-corrected chi connectivity index (χ2v) is 26.6. The number of unbranched alkanes of at least 4 members (excludes halogenated alkanes) is 58. The fourth-order valence-corrected chi connectivity index (χ4v) is 12.4. The Morgan fingerprint density at radius 1 is 0.321 bits per heavy atom. The molecule has 0 radical (unpaired) electrons. The number of nitrogens with two attached hydrogens (primary N) is 1. The average molecular weight is 1170 g/mol. The molecule has 2 unspecified atom stereocenters. The first-order valence-electron chi connectivity index (χ1n) is 36.5. The van der Waals surface area contributed by atoms with E-state index < -0.39 is 26.5 Å². The third kappa shape index (κ3) is 68.0. The van der Waals surface area contributed by atoms with Crippen molar-refractivity contribution in [1.82, 2.24) is 0 Å². The van der Waals surface area contributed by atoms with Crippen molar-refractivity contribution in [2.75, 3.05) is 26.4 Å². The molecule has 0 heterocycles. The van der Waals surface area contributed by atoms with Gasteiger partial charge in [0.25, 0.3) is 0 Å². The number of phosphoric acid groups is 1. The number of esters is 2. The number of ether oxygens (including phenoxy) is 2. The van der Waals surface area contributed by atoms with Crippen molar-refractivity contribution in [3.05, 3.63) is 0 Å². The standard InChI is InChI=1S/C71H142NO8P/c1-3-5-7-9-11-13-15-17-19-21-23-25-27-29-31-33-34-36-38-40-42-44-46-48-50-52-54-56-58-60-62-64-71(74)80-69(68-79-81(75,76)78-66-65-72)67-77-70(73)63-61-59-57-55-53-51-49-47-45-43-41-39-37-35-32-30-28-26-24-22-20-18-16-14-12-10-8-6-4-2/h69H,3-68,72H2,1-2H3,(H,75,76).